The van der Waals surface area contributed by atoms with Gasteiger partial charge in [0.2, 0.25) is 0 Å². The van der Waals surface area contributed by atoms with Crippen molar-refractivity contribution in [3.8, 4) is 0 Å². The molecule has 1 aliphatic heterocycles. The summed E-state index contributed by atoms with van der Waals surface area (Å²) in [4.78, 5) is 0. The highest BCUT2D eigenvalue weighted by Crippen LogP contribution is 2.24. The maximum Gasteiger partial charge on any atom is 0.155 e. The van der Waals surface area contributed by atoms with Crippen LogP contribution in [0, 0.1) is 0 Å². The SMILES string of the molecule is O=S1(=O)CCCCC1C(O)Cc1ccco1. The van der Waals surface area contributed by atoms with Crippen LogP contribution in [0.15, 0.2) is 22.8 Å². The maximum absolute atomic E-state index is 11.8. The first-order chi connectivity index (χ1) is 7.59. The molecule has 4 nitrogen and oxygen atoms in total. The van der Waals surface area contributed by atoms with Crippen molar-refractivity contribution in [1.82, 2.24) is 0 Å². The highest BCUT2D eigenvalue weighted by Gasteiger charge is 2.34. The Morgan fingerprint density at radius 3 is 2.94 bits per heavy atom. The minimum absolute atomic E-state index is 0.201. The van der Waals surface area contributed by atoms with Crippen molar-refractivity contribution in [2.24, 2.45) is 0 Å². The number of hydrogen-bond acceptors (Lipinski definition) is 4. The molecule has 16 heavy (non-hydrogen) atoms. The fraction of sp³-hybridized carbons (Fsp3) is 0.636. The predicted molar refractivity (Wildman–Crippen MR) is 59.8 cm³/mol. The number of hydrogen-bond donors (Lipinski definition) is 1. The van der Waals surface area contributed by atoms with E-state index in [-0.39, 0.29) is 12.2 Å². The summed E-state index contributed by atoms with van der Waals surface area (Å²) < 4.78 is 28.6. The Morgan fingerprint density at radius 2 is 2.31 bits per heavy atom. The van der Waals surface area contributed by atoms with E-state index in [0.29, 0.717) is 18.6 Å². The quantitative estimate of drug-likeness (QED) is 0.866. The van der Waals surface area contributed by atoms with Crippen molar-refractivity contribution in [2.45, 2.75) is 37.0 Å². The lowest BCUT2D eigenvalue weighted by atomic mass is 10.1. The average Bonchev–Trinajstić information content (AvgIpc) is 2.69. The van der Waals surface area contributed by atoms with Gasteiger partial charge < -0.3 is 9.52 Å². The van der Waals surface area contributed by atoms with E-state index in [0.717, 1.165) is 6.42 Å². The van der Waals surface area contributed by atoms with Gasteiger partial charge in [-0.1, -0.05) is 6.42 Å². The molecule has 5 heteroatoms. The molecule has 2 unspecified atom stereocenters. The fourth-order valence-electron chi connectivity index (χ4n) is 2.18. The summed E-state index contributed by atoms with van der Waals surface area (Å²) in [6, 6.07) is 3.48. The van der Waals surface area contributed by atoms with E-state index >= 15 is 0 Å². The van der Waals surface area contributed by atoms with Crippen LogP contribution in [0.1, 0.15) is 25.0 Å². The Kier molecular flexibility index (Phi) is 3.35. The number of aliphatic hydroxyl groups excluding tert-OH is 1. The van der Waals surface area contributed by atoms with E-state index in [9.17, 15) is 13.5 Å². The van der Waals surface area contributed by atoms with Gasteiger partial charge in [-0.05, 0) is 25.0 Å². The molecule has 1 aromatic rings. The molecule has 90 valence electrons. The molecule has 1 saturated heterocycles. The van der Waals surface area contributed by atoms with E-state index in [4.69, 9.17) is 4.42 Å². The number of rotatable bonds is 3. The molecule has 0 saturated carbocycles. The van der Waals surface area contributed by atoms with E-state index in [1.807, 2.05) is 0 Å². The Balaban J connectivity index is 2.06. The summed E-state index contributed by atoms with van der Waals surface area (Å²) >= 11 is 0. The van der Waals surface area contributed by atoms with E-state index in [1.54, 1.807) is 12.1 Å². The second-order valence-corrected chi connectivity index (χ2v) is 6.59. The summed E-state index contributed by atoms with van der Waals surface area (Å²) in [5, 5.41) is 9.32. The highest BCUT2D eigenvalue weighted by molar-refractivity contribution is 7.92. The van der Waals surface area contributed by atoms with Gasteiger partial charge in [-0.15, -0.1) is 0 Å². The molecule has 1 fully saturated rings. The average molecular weight is 244 g/mol. The summed E-state index contributed by atoms with van der Waals surface area (Å²) in [5.41, 5.74) is 0. The van der Waals surface area contributed by atoms with Crippen LogP contribution in [-0.2, 0) is 16.3 Å². The van der Waals surface area contributed by atoms with E-state index in [1.165, 1.54) is 6.26 Å². The van der Waals surface area contributed by atoms with Crippen molar-refractivity contribution in [3.63, 3.8) is 0 Å². The van der Waals surface area contributed by atoms with Gasteiger partial charge in [0.15, 0.2) is 9.84 Å². The number of furan rings is 1. The van der Waals surface area contributed by atoms with Crippen LogP contribution in [0.3, 0.4) is 0 Å². The molecular formula is C11H16O4S. The van der Waals surface area contributed by atoms with Gasteiger partial charge in [0.05, 0.1) is 23.4 Å². The standard InChI is InChI=1S/C11H16O4S/c12-10(8-9-4-3-6-15-9)11-5-1-2-7-16(11,13)14/h3-4,6,10-12H,1-2,5,7-8H2. The van der Waals surface area contributed by atoms with Crippen LogP contribution < -0.4 is 0 Å². The third-order valence-corrected chi connectivity index (χ3v) is 5.38. The lowest BCUT2D eigenvalue weighted by Gasteiger charge is -2.26. The van der Waals surface area contributed by atoms with Crippen LogP contribution in [0.4, 0.5) is 0 Å². The molecule has 2 atom stereocenters. The van der Waals surface area contributed by atoms with Crippen LogP contribution in [-0.4, -0.2) is 30.6 Å². The van der Waals surface area contributed by atoms with Gasteiger partial charge >= 0.3 is 0 Å². The topological polar surface area (TPSA) is 67.5 Å². The van der Waals surface area contributed by atoms with Crippen molar-refractivity contribution < 1.29 is 17.9 Å². The summed E-state index contributed by atoms with van der Waals surface area (Å²) in [6.07, 6.45) is 3.10. The van der Waals surface area contributed by atoms with Gasteiger partial charge in [0.25, 0.3) is 0 Å². The molecule has 2 heterocycles. The van der Waals surface area contributed by atoms with Crippen LogP contribution in [0.2, 0.25) is 0 Å². The number of sulfone groups is 1. The molecule has 2 rings (SSSR count). The third kappa shape index (κ3) is 2.47. The Labute approximate surface area is 95.2 Å². The monoisotopic (exact) mass is 244 g/mol. The Hall–Kier alpha value is -0.810. The zero-order valence-corrected chi connectivity index (χ0v) is 9.82. The molecule has 0 amide bonds. The first-order valence-corrected chi connectivity index (χ1v) is 7.23. The van der Waals surface area contributed by atoms with Gasteiger partial charge in [-0.2, -0.15) is 0 Å². The summed E-state index contributed by atoms with van der Waals surface area (Å²) in [6.45, 7) is 0. The van der Waals surface area contributed by atoms with E-state index in [2.05, 4.69) is 0 Å². The lowest BCUT2D eigenvalue weighted by Crippen LogP contribution is -2.39. The first kappa shape index (κ1) is 11.7. The largest absolute Gasteiger partial charge is 0.469 e. The molecular weight excluding hydrogens is 228 g/mol. The summed E-state index contributed by atoms with van der Waals surface area (Å²) in [7, 11) is -3.12. The summed E-state index contributed by atoms with van der Waals surface area (Å²) in [5.74, 6) is 0.834. The van der Waals surface area contributed by atoms with Crippen molar-refractivity contribution >= 4 is 9.84 Å². The third-order valence-electron chi connectivity index (χ3n) is 3.05. The second-order valence-electron chi connectivity index (χ2n) is 4.25. The Bertz CT molecular complexity index is 421. The zero-order chi connectivity index (χ0) is 11.6. The Morgan fingerprint density at radius 1 is 1.50 bits per heavy atom. The fourth-order valence-corrected chi connectivity index (χ4v) is 4.19. The van der Waals surface area contributed by atoms with Crippen LogP contribution in [0.25, 0.3) is 0 Å². The van der Waals surface area contributed by atoms with Gasteiger partial charge in [-0.25, -0.2) is 8.42 Å². The maximum atomic E-state index is 11.8. The molecule has 0 radical (unpaired) electrons. The lowest BCUT2D eigenvalue weighted by molar-refractivity contribution is 0.155. The van der Waals surface area contributed by atoms with Gasteiger partial charge in [0, 0.05) is 6.42 Å². The molecule has 1 N–H and O–H groups in total. The van der Waals surface area contributed by atoms with Gasteiger partial charge in [-0.3, -0.25) is 0 Å². The molecule has 1 aromatic heterocycles. The van der Waals surface area contributed by atoms with Gasteiger partial charge in [0.1, 0.15) is 5.76 Å². The smallest absolute Gasteiger partial charge is 0.155 e. The number of aliphatic hydroxyl groups is 1. The molecule has 0 bridgehead atoms. The minimum atomic E-state index is -3.12. The normalized spacial score (nSPS) is 26.4. The highest BCUT2D eigenvalue weighted by atomic mass is 32.2. The van der Waals surface area contributed by atoms with Crippen LogP contribution in [0.5, 0.6) is 0 Å². The minimum Gasteiger partial charge on any atom is -0.469 e. The van der Waals surface area contributed by atoms with Crippen LogP contribution >= 0.6 is 0 Å². The molecule has 0 aliphatic carbocycles. The van der Waals surface area contributed by atoms with Crippen molar-refractivity contribution in [3.05, 3.63) is 24.2 Å². The van der Waals surface area contributed by atoms with Crippen molar-refractivity contribution in [2.75, 3.05) is 5.75 Å². The molecule has 1 aliphatic rings. The van der Waals surface area contributed by atoms with E-state index < -0.39 is 21.2 Å². The van der Waals surface area contributed by atoms with Crippen molar-refractivity contribution in [1.29, 1.82) is 0 Å². The molecule has 0 aromatic carbocycles. The molecule has 0 spiro atoms. The zero-order valence-electron chi connectivity index (χ0n) is 9.00. The first-order valence-electron chi connectivity index (χ1n) is 5.51. The predicted octanol–water partition coefficient (Wildman–Crippen LogP) is 1.15. The second kappa shape index (κ2) is 4.59.